The molecule has 0 saturated carbocycles. The van der Waals surface area contributed by atoms with Gasteiger partial charge in [0.25, 0.3) is 0 Å². The van der Waals surface area contributed by atoms with Crippen molar-refractivity contribution in [3.05, 3.63) is 59.2 Å². The number of benzene rings is 2. The molecule has 1 saturated heterocycles. The van der Waals surface area contributed by atoms with Gasteiger partial charge in [-0.05, 0) is 61.2 Å². The molecule has 0 bridgehead atoms. The number of ether oxygens (including phenoxy) is 1. The van der Waals surface area contributed by atoms with E-state index in [0.29, 0.717) is 25.8 Å². The van der Waals surface area contributed by atoms with Crippen LogP contribution in [0.3, 0.4) is 0 Å². The summed E-state index contributed by atoms with van der Waals surface area (Å²) in [6, 6.07) is 13.6. The van der Waals surface area contributed by atoms with Gasteiger partial charge >= 0.3 is 0 Å². The Kier molecular flexibility index (Phi) is 5.79. The summed E-state index contributed by atoms with van der Waals surface area (Å²) in [5.41, 5.74) is 4.35. The second-order valence-electron chi connectivity index (χ2n) is 7.09. The lowest BCUT2D eigenvalue weighted by Crippen LogP contribution is -2.37. The van der Waals surface area contributed by atoms with E-state index >= 15 is 0 Å². The number of carbonyl (C=O) groups excluding carboxylic acids is 2. The van der Waals surface area contributed by atoms with Crippen LogP contribution in [0.25, 0.3) is 0 Å². The molecule has 1 N–H and O–H groups in total. The zero-order valence-electron chi connectivity index (χ0n) is 16.1. The van der Waals surface area contributed by atoms with E-state index in [1.54, 1.807) is 12.0 Å². The minimum atomic E-state index is -0.137. The first-order chi connectivity index (χ1) is 13.0. The number of rotatable bonds is 6. The highest BCUT2D eigenvalue weighted by atomic mass is 16.5. The molecule has 2 aromatic carbocycles. The van der Waals surface area contributed by atoms with Crippen molar-refractivity contribution in [3.8, 4) is 5.75 Å². The van der Waals surface area contributed by atoms with Gasteiger partial charge in [0.1, 0.15) is 5.75 Å². The van der Waals surface area contributed by atoms with Crippen LogP contribution in [0, 0.1) is 13.8 Å². The van der Waals surface area contributed by atoms with E-state index in [4.69, 9.17) is 4.74 Å². The predicted octanol–water partition coefficient (Wildman–Crippen LogP) is 3.17. The Labute approximate surface area is 160 Å². The average molecular weight is 366 g/mol. The van der Waals surface area contributed by atoms with Gasteiger partial charge in [0, 0.05) is 25.1 Å². The fraction of sp³-hybridized carbons (Fsp3) is 0.364. The first-order valence-electron chi connectivity index (χ1n) is 9.26. The molecular formula is C22H26N2O3. The number of anilines is 1. The van der Waals surface area contributed by atoms with Crippen LogP contribution in [0.1, 0.15) is 29.5 Å². The molecule has 0 radical (unpaired) electrons. The standard InChI is InChI=1S/C22H26N2O3/c1-15-4-8-19(12-16(15)2)24-14-18(13-22(24)26)23-21(25)11-7-17-5-9-20(27-3)10-6-17/h4-6,8-10,12,18H,7,11,13-14H2,1-3H3,(H,23,25)/t18-/m1/s1. The Hall–Kier alpha value is -2.82. The fourth-order valence-corrected chi connectivity index (χ4v) is 3.30. The van der Waals surface area contributed by atoms with Gasteiger partial charge in [-0.3, -0.25) is 9.59 Å². The van der Waals surface area contributed by atoms with E-state index < -0.39 is 0 Å². The van der Waals surface area contributed by atoms with E-state index in [-0.39, 0.29) is 17.9 Å². The third-order valence-electron chi connectivity index (χ3n) is 5.09. The van der Waals surface area contributed by atoms with Gasteiger partial charge in [-0.25, -0.2) is 0 Å². The van der Waals surface area contributed by atoms with Crippen molar-refractivity contribution in [1.82, 2.24) is 5.32 Å². The second-order valence-corrected chi connectivity index (χ2v) is 7.09. The quantitative estimate of drug-likeness (QED) is 0.854. The Balaban J connectivity index is 1.52. The molecule has 2 amide bonds. The first kappa shape index (κ1) is 19.0. The topological polar surface area (TPSA) is 58.6 Å². The molecule has 1 atom stereocenters. The average Bonchev–Trinajstić information content (AvgIpc) is 3.02. The van der Waals surface area contributed by atoms with Crippen LogP contribution in [0.15, 0.2) is 42.5 Å². The Bertz CT molecular complexity index is 830. The van der Waals surface area contributed by atoms with Gasteiger partial charge in [0.05, 0.1) is 13.2 Å². The summed E-state index contributed by atoms with van der Waals surface area (Å²) in [5, 5.41) is 3.00. The van der Waals surface area contributed by atoms with Gasteiger partial charge in [0.15, 0.2) is 0 Å². The molecule has 2 aromatic rings. The maximum absolute atomic E-state index is 12.4. The van der Waals surface area contributed by atoms with Gasteiger partial charge < -0.3 is 15.0 Å². The van der Waals surface area contributed by atoms with Crippen LogP contribution in [0.4, 0.5) is 5.69 Å². The van der Waals surface area contributed by atoms with E-state index in [1.165, 1.54) is 5.56 Å². The molecule has 1 aliphatic rings. The number of methoxy groups -OCH3 is 1. The van der Waals surface area contributed by atoms with Crippen LogP contribution in [0.2, 0.25) is 0 Å². The summed E-state index contributed by atoms with van der Waals surface area (Å²) in [5.74, 6) is 0.836. The summed E-state index contributed by atoms with van der Waals surface area (Å²) < 4.78 is 5.14. The lowest BCUT2D eigenvalue weighted by atomic mass is 10.1. The van der Waals surface area contributed by atoms with Crippen molar-refractivity contribution < 1.29 is 14.3 Å². The molecule has 1 heterocycles. The highest BCUT2D eigenvalue weighted by Gasteiger charge is 2.31. The highest BCUT2D eigenvalue weighted by molar-refractivity contribution is 5.97. The largest absolute Gasteiger partial charge is 0.497 e. The number of nitrogens with one attached hydrogen (secondary N) is 1. The summed E-state index contributed by atoms with van der Waals surface area (Å²) in [7, 11) is 1.63. The van der Waals surface area contributed by atoms with E-state index in [2.05, 4.69) is 12.2 Å². The van der Waals surface area contributed by atoms with Gasteiger partial charge in [-0.2, -0.15) is 0 Å². The molecule has 0 unspecified atom stereocenters. The van der Waals surface area contributed by atoms with Gasteiger partial charge in [0.2, 0.25) is 11.8 Å². The molecule has 0 aliphatic carbocycles. The zero-order chi connectivity index (χ0) is 19.4. The number of carbonyl (C=O) groups is 2. The Morgan fingerprint density at radius 3 is 2.56 bits per heavy atom. The van der Waals surface area contributed by atoms with Crippen LogP contribution >= 0.6 is 0 Å². The van der Waals surface area contributed by atoms with E-state index in [0.717, 1.165) is 22.6 Å². The summed E-state index contributed by atoms with van der Waals surface area (Å²) in [4.78, 5) is 26.4. The molecule has 1 aliphatic heterocycles. The van der Waals surface area contributed by atoms with Crippen molar-refractivity contribution in [3.63, 3.8) is 0 Å². The van der Waals surface area contributed by atoms with Crippen LogP contribution < -0.4 is 15.0 Å². The molecule has 1 fully saturated rings. The third kappa shape index (κ3) is 4.67. The van der Waals surface area contributed by atoms with Crippen LogP contribution in [-0.2, 0) is 16.0 Å². The minimum absolute atomic E-state index is 0.0226. The SMILES string of the molecule is COc1ccc(CCC(=O)N[C@@H]2CC(=O)N(c3ccc(C)c(C)c3)C2)cc1. The Morgan fingerprint density at radius 2 is 1.89 bits per heavy atom. The highest BCUT2D eigenvalue weighted by Crippen LogP contribution is 2.24. The lowest BCUT2D eigenvalue weighted by molar-refractivity contribution is -0.121. The van der Waals surface area contributed by atoms with Gasteiger partial charge in [-0.1, -0.05) is 18.2 Å². The third-order valence-corrected chi connectivity index (χ3v) is 5.09. The molecule has 0 aromatic heterocycles. The maximum atomic E-state index is 12.4. The molecule has 142 valence electrons. The van der Waals surface area contributed by atoms with Crippen LogP contribution in [0.5, 0.6) is 5.75 Å². The van der Waals surface area contributed by atoms with Gasteiger partial charge in [-0.15, -0.1) is 0 Å². The minimum Gasteiger partial charge on any atom is -0.497 e. The van der Waals surface area contributed by atoms with Crippen LogP contribution in [-0.4, -0.2) is 31.5 Å². The Morgan fingerprint density at radius 1 is 1.15 bits per heavy atom. The molecule has 0 spiro atoms. The number of hydrogen-bond acceptors (Lipinski definition) is 3. The number of aryl methyl sites for hydroxylation is 3. The van der Waals surface area contributed by atoms with Crippen molar-refractivity contribution in [2.75, 3.05) is 18.6 Å². The van der Waals surface area contributed by atoms with Crippen molar-refractivity contribution >= 4 is 17.5 Å². The normalized spacial score (nSPS) is 16.5. The summed E-state index contributed by atoms with van der Waals surface area (Å²) in [6.45, 7) is 4.62. The predicted molar refractivity (Wildman–Crippen MR) is 106 cm³/mol. The van der Waals surface area contributed by atoms with Crippen molar-refractivity contribution in [2.24, 2.45) is 0 Å². The molecule has 5 nitrogen and oxygen atoms in total. The molecular weight excluding hydrogens is 340 g/mol. The second kappa shape index (κ2) is 8.25. The molecule has 5 heteroatoms. The number of nitrogens with zero attached hydrogens (tertiary/aromatic N) is 1. The van der Waals surface area contributed by atoms with E-state index in [1.807, 2.05) is 49.4 Å². The fourth-order valence-electron chi connectivity index (χ4n) is 3.30. The smallest absolute Gasteiger partial charge is 0.229 e. The monoisotopic (exact) mass is 366 g/mol. The zero-order valence-corrected chi connectivity index (χ0v) is 16.1. The van der Waals surface area contributed by atoms with E-state index in [9.17, 15) is 9.59 Å². The molecule has 27 heavy (non-hydrogen) atoms. The first-order valence-corrected chi connectivity index (χ1v) is 9.26. The summed E-state index contributed by atoms with van der Waals surface area (Å²) in [6.07, 6.45) is 1.42. The maximum Gasteiger partial charge on any atom is 0.229 e. The number of amides is 2. The van der Waals surface area contributed by atoms with Crippen molar-refractivity contribution in [2.45, 2.75) is 39.2 Å². The van der Waals surface area contributed by atoms with Crippen molar-refractivity contribution in [1.29, 1.82) is 0 Å². The number of hydrogen-bond donors (Lipinski definition) is 1. The lowest BCUT2D eigenvalue weighted by Gasteiger charge is -2.18. The summed E-state index contributed by atoms with van der Waals surface area (Å²) >= 11 is 0. The molecule has 3 rings (SSSR count).